The van der Waals surface area contributed by atoms with E-state index in [-0.39, 0.29) is 28.3 Å². The van der Waals surface area contributed by atoms with Gasteiger partial charge in [0.25, 0.3) is 17.3 Å². The summed E-state index contributed by atoms with van der Waals surface area (Å²) in [4.78, 5) is 34.2. The van der Waals surface area contributed by atoms with E-state index in [1.54, 1.807) is 0 Å². The van der Waals surface area contributed by atoms with Crippen LogP contribution >= 0.6 is 11.6 Å². The van der Waals surface area contributed by atoms with Gasteiger partial charge in [-0.1, -0.05) is 17.7 Å². The molecule has 0 aliphatic rings. The number of nitro groups is 2. The van der Waals surface area contributed by atoms with Crippen molar-refractivity contribution in [1.29, 1.82) is 0 Å². The van der Waals surface area contributed by atoms with Crippen LogP contribution in [0.1, 0.15) is 21.5 Å². The molecule has 0 radical (unpaired) electrons. The normalized spacial score (nSPS) is 10.5. The third-order valence-corrected chi connectivity index (χ3v) is 4.16. The number of nitrogens with zero attached hydrogens (tertiary/aromatic N) is 3. The number of benzene rings is 2. The highest BCUT2D eigenvalue weighted by Gasteiger charge is 2.26. The summed E-state index contributed by atoms with van der Waals surface area (Å²) < 4.78 is 13.9. The highest BCUT2D eigenvalue weighted by atomic mass is 35.5. The molecule has 8 nitrogen and oxygen atoms in total. The first-order chi connectivity index (χ1) is 12.1. The molecular weight excluding hydrogens is 369 g/mol. The van der Waals surface area contributed by atoms with E-state index in [9.17, 15) is 29.4 Å². The molecule has 0 bridgehead atoms. The third kappa shape index (κ3) is 3.77. The number of nitro benzene ring substituents is 2. The minimum absolute atomic E-state index is 0.0166. The van der Waals surface area contributed by atoms with Crippen LogP contribution in [-0.4, -0.2) is 27.7 Å². The topological polar surface area (TPSA) is 107 Å². The fourth-order valence-electron chi connectivity index (χ4n) is 2.40. The largest absolute Gasteiger partial charge is 0.337 e. The molecule has 0 aliphatic heterocycles. The molecule has 26 heavy (non-hydrogen) atoms. The zero-order valence-electron chi connectivity index (χ0n) is 13.7. The molecule has 0 saturated heterocycles. The molecule has 0 saturated carbocycles. The van der Waals surface area contributed by atoms with Gasteiger partial charge in [0.15, 0.2) is 0 Å². The highest BCUT2D eigenvalue weighted by molar-refractivity contribution is 6.31. The Bertz CT molecular complexity index is 899. The standard InChI is InChI=1S/C16H13ClFN3O5/c1-9-11(6-10(20(23)24)7-15(9)21(25)26)16(22)19(2)8-12-13(17)4-3-5-14(12)18/h3-7H,8H2,1-2H3. The van der Waals surface area contributed by atoms with Crippen molar-refractivity contribution in [2.45, 2.75) is 13.5 Å². The summed E-state index contributed by atoms with van der Waals surface area (Å²) in [7, 11) is 1.34. The van der Waals surface area contributed by atoms with Gasteiger partial charge in [0, 0.05) is 35.8 Å². The van der Waals surface area contributed by atoms with Crippen molar-refractivity contribution in [1.82, 2.24) is 4.90 Å². The zero-order valence-corrected chi connectivity index (χ0v) is 14.5. The van der Waals surface area contributed by atoms with E-state index in [0.717, 1.165) is 17.0 Å². The van der Waals surface area contributed by atoms with Crippen LogP contribution < -0.4 is 0 Å². The highest BCUT2D eigenvalue weighted by Crippen LogP contribution is 2.29. The molecule has 0 unspecified atom stereocenters. The molecule has 2 aromatic rings. The van der Waals surface area contributed by atoms with Gasteiger partial charge in [-0.25, -0.2) is 4.39 Å². The monoisotopic (exact) mass is 381 g/mol. The molecule has 10 heteroatoms. The van der Waals surface area contributed by atoms with E-state index in [0.29, 0.717) is 0 Å². The number of non-ortho nitro benzene ring substituents is 1. The Labute approximate surface area is 152 Å². The van der Waals surface area contributed by atoms with Crippen LogP contribution in [0.2, 0.25) is 5.02 Å². The molecule has 0 aromatic heterocycles. The Hall–Kier alpha value is -3.07. The number of amides is 1. The van der Waals surface area contributed by atoms with E-state index < -0.39 is 32.9 Å². The molecular formula is C16H13ClFN3O5. The van der Waals surface area contributed by atoms with Crippen molar-refractivity contribution in [3.05, 3.63) is 78.1 Å². The second-order valence-electron chi connectivity index (χ2n) is 5.51. The Morgan fingerprint density at radius 1 is 1.23 bits per heavy atom. The molecule has 0 atom stereocenters. The average molecular weight is 382 g/mol. The van der Waals surface area contributed by atoms with Gasteiger partial charge in [0.1, 0.15) is 5.82 Å². The van der Waals surface area contributed by atoms with Crippen LogP contribution in [-0.2, 0) is 6.54 Å². The Morgan fingerprint density at radius 2 is 1.88 bits per heavy atom. The molecule has 0 fully saturated rings. The van der Waals surface area contributed by atoms with Crippen molar-refractivity contribution in [2.75, 3.05) is 7.05 Å². The van der Waals surface area contributed by atoms with E-state index in [1.165, 1.54) is 32.2 Å². The molecule has 0 spiro atoms. The zero-order chi connectivity index (χ0) is 19.6. The minimum atomic E-state index is -0.822. The van der Waals surface area contributed by atoms with Gasteiger partial charge in [0.2, 0.25) is 0 Å². The predicted octanol–water partition coefficient (Wildman–Crippen LogP) is 3.88. The van der Waals surface area contributed by atoms with E-state index in [4.69, 9.17) is 11.6 Å². The van der Waals surface area contributed by atoms with Crippen molar-refractivity contribution in [2.24, 2.45) is 0 Å². The van der Waals surface area contributed by atoms with Crippen LogP contribution in [0.15, 0.2) is 30.3 Å². The van der Waals surface area contributed by atoms with Crippen molar-refractivity contribution in [3.63, 3.8) is 0 Å². The average Bonchev–Trinajstić information content (AvgIpc) is 2.57. The lowest BCUT2D eigenvalue weighted by Crippen LogP contribution is -2.27. The van der Waals surface area contributed by atoms with Gasteiger partial charge in [-0.2, -0.15) is 0 Å². The van der Waals surface area contributed by atoms with E-state index >= 15 is 0 Å². The first-order valence-electron chi connectivity index (χ1n) is 7.25. The smallest absolute Gasteiger partial charge is 0.279 e. The Kier molecular flexibility index (Phi) is 5.51. The van der Waals surface area contributed by atoms with Crippen molar-refractivity contribution in [3.8, 4) is 0 Å². The maximum absolute atomic E-state index is 13.9. The van der Waals surface area contributed by atoms with Gasteiger partial charge in [-0.15, -0.1) is 0 Å². The summed E-state index contributed by atoms with van der Waals surface area (Å²) in [6.45, 7) is 1.11. The van der Waals surface area contributed by atoms with Gasteiger partial charge in [-0.05, 0) is 19.1 Å². The summed E-state index contributed by atoms with van der Waals surface area (Å²) in [5.74, 6) is -1.34. The predicted molar refractivity (Wildman–Crippen MR) is 91.7 cm³/mol. The quantitative estimate of drug-likeness (QED) is 0.577. The second-order valence-corrected chi connectivity index (χ2v) is 5.92. The number of rotatable bonds is 5. The summed E-state index contributed by atoms with van der Waals surface area (Å²) in [6, 6.07) is 5.81. The lowest BCUT2D eigenvalue weighted by atomic mass is 10.0. The molecule has 0 N–H and O–H groups in total. The number of carbonyl (C=O) groups excluding carboxylic acids is 1. The van der Waals surface area contributed by atoms with E-state index in [1.807, 2.05) is 0 Å². The van der Waals surface area contributed by atoms with E-state index in [2.05, 4.69) is 0 Å². The van der Waals surface area contributed by atoms with Gasteiger partial charge in [-0.3, -0.25) is 25.0 Å². The number of hydrogen-bond acceptors (Lipinski definition) is 5. The SMILES string of the molecule is Cc1c(C(=O)N(C)Cc2c(F)cccc2Cl)cc([N+](=O)[O-])cc1[N+](=O)[O-]. The van der Waals surface area contributed by atoms with Gasteiger partial charge >= 0.3 is 0 Å². The maximum Gasteiger partial charge on any atom is 0.279 e. The lowest BCUT2D eigenvalue weighted by molar-refractivity contribution is -0.394. The molecule has 0 aliphatic carbocycles. The van der Waals surface area contributed by atoms with Crippen LogP contribution in [0.5, 0.6) is 0 Å². The molecule has 2 aromatic carbocycles. The lowest BCUT2D eigenvalue weighted by Gasteiger charge is -2.19. The van der Waals surface area contributed by atoms with Crippen molar-refractivity contribution < 1.29 is 19.0 Å². The maximum atomic E-state index is 13.9. The van der Waals surface area contributed by atoms with Crippen molar-refractivity contribution >= 4 is 28.9 Å². The number of carbonyl (C=O) groups is 1. The molecule has 136 valence electrons. The third-order valence-electron chi connectivity index (χ3n) is 3.81. The fourth-order valence-corrected chi connectivity index (χ4v) is 2.62. The van der Waals surface area contributed by atoms with Crippen LogP contribution in [0, 0.1) is 33.0 Å². The van der Waals surface area contributed by atoms with Crippen LogP contribution in [0.4, 0.5) is 15.8 Å². The minimum Gasteiger partial charge on any atom is -0.337 e. The van der Waals surface area contributed by atoms with Crippen LogP contribution in [0.3, 0.4) is 0 Å². The summed E-state index contributed by atoms with van der Waals surface area (Å²) in [6.07, 6.45) is 0. The first kappa shape index (κ1) is 19.3. The molecule has 1 amide bonds. The molecule has 2 rings (SSSR count). The van der Waals surface area contributed by atoms with Gasteiger partial charge < -0.3 is 4.90 Å². The number of halogens is 2. The summed E-state index contributed by atoms with van der Waals surface area (Å²) >= 11 is 5.93. The van der Waals surface area contributed by atoms with Gasteiger partial charge in [0.05, 0.1) is 21.5 Å². The number of hydrogen-bond donors (Lipinski definition) is 0. The fraction of sp³-hybridized carbons (Fsp3) is 0.188. The summed E-state index contributed by atoms with van der Waals surface area (Å²) in [5.41, 5.74) is -1.27. The first-order valence-corrected chi connectivity index (χ1v) is 7.63. The summed E-state index contributed by atoms with van der Waals surface area (Å²) in [5, 5.41) is 22.2. The Balaban J connectivity index is 2.45. The Morgan fingerprint density at radius 3 is 2.42 bits per heavy atom. The second kappa shape index (κ2) is 7.44. The molecule has 0 heterocycles. The van der Waals surface area contributed by atoms with Crippen LogP contribution in [0.25, 0.3) is 0 Å².